The fourth-order valence-electron chi connectivity index (χ4n) is 2.64. The van der Waals surface area contributed by atoms with Crippen LogP contribution in [-0.4, -0.2) is 16.0 Å². The molecule has 0 aliphatic rings. The summed E-state index contributed by atoms with van der Waals surface area (Å²) in [6, 6.07) is 17.4. The van der Waals surface area contributed by atoms with E-state index in [1.165, 1.54) is 6.07 Å². The molecule has 6 heteroatoms. The van der Waals surface area contributed by atoms with Crippen LogP contribution in [0.5, 0.6) is 0 Å². The minimum absolute atomic E-state index is 0.187. The second-order valence-electron chi connectivity index (χ2n) is 5.62. The van der Waals surface area contributed by atoms with E-state index in [9.17, 15) is 9.18 Å². The highest BCUT2D eigenvalue weighted by Crippen LogP contribution is 2.23. The van der Waals surface area contributed by atoms with Crippen LogP contribution < -0.4 is 5.32 Å². The van der Waals surface area contributed by atoms with E-state index in [2.05, 4.69) is 15.5 Å². The van der Waals surface area contributed by atoms with Gasteiger partial charge in [0.05, 0.1) is 12.1 Å². The lowest BCUT2D eigenvalue weighted by Gasteiger charge is -1.99. The molecule has 5 nitrogen and oxygen atoms in total. The van der Waals surface area contributed by atoms with Crippen molar-refractivity contribution >= 4 is 16.8 Å². The summed E-state index contributed by atoms with van der Waals surface area (Å²) >= 11 is 0. The SMILES string of the molecule is O=C(NCc1cc(-c2ccccc2F)on1)c1cc2ccccc2[nH]1. The predicted molar refractivity (Wildman–Crippen MR) is 91.4 cm³/mol. The second kappa shape index (κ2) is 6.24. The van der Waals surface area contributed by atoms with Crippen molar-refractivity contribution in [2.75, 3.05) is 0 Å². The van der Waals surface area contributed by atoms with Gasteiger partial charge in [-0.1, -0.05) is 35.5 Å². The molecule has 1 amide bonds. The van der Waals surface area contributed by atoms with Gasteiger partial charge >= 0.3 is 0 Å². The van der Waals surface area contributed by atoms with Crippen molar-refractivity contribution in [2.45, 2.75) is 6.54 Å². The molecule has 124 valence electrons. The zero-order valence-corrected chi connectivity index (χ0v) is 13.1. The standard InChI is InChI=1S/C19H14FN3O2/c20-15-7-3-2-6-14(15)18-10-13(23-25-18)11-21-19(24)17-9-12-5-1-4-8-16(12)22-17/h1-10,22H,11H2,(H,21,24). The van der Waals surface area contributed by atoms with Crippen molar-refractivity contribution in [2.24, 2.45) is 0 Å². The Labute approximate surface area is 142 Å². The summed E-state index contributed by atoms with van der Waals surface area (Å²) in [4.78, 5) is 15.3. The number of rotatable bonds is 4. The van der Waals surface area contributed by atoms with Crippen molar-refractivity contribution in [1.82, 2.24) is 15.5 Å². The first-order valence-corrected chi connectivity index (χ1v) is 7.77. The van der Waals surface area contributed by atoms with Gasteiger partial charge in [-0.2, -0.15) is 0 Å². The van der Waals surface area contributed by atoms with Crippen molar-refractivity contribution in [3.05, 3.63) is 77.9 Å². The first kappa shape index (κ1) is 15.1. The Hall–Kier alpha value is -3.41. The summed E-state index contributed by atoms with van der Waals surface area (Å²) in [5.74, 6) is -0.299. The molecule has 0 unspecified atom stereocenters. The lowest BCUT2D eigenvalue weighted by Crippen LogP contribution is -2.23. The number of hydrogen-bond donors (Lipinski definition) is 2. The maximum atomic E-state index is 13.8. The van der Waals surface area contributed by atoms with E-state index in [-0.39, 0.29) is 18.3 Å². The van der Waals surface area contributed by atoms with Crippen molar-refractivity contribution < 1.29 is 13.7 Å². The van der Waals surface area contributed by atoms with Crippen molar-refractivity contribution in [3.63, 3.8) is 0 Å². The number of halogens is 1. The Morgan fingerprint density at radius 1 is 1.12 bits per heavy atom. The molecule has 2 aromatic carbocycles. The van der Waals surface area contributed by atoms with Gasteiger partial charge in [0.25, 0.3) is 5.91 Å². The highest BCUT2D eigenvalue weighted by atomic mass is 19.1. The summed E-state index contributed by atoms with van der Waals surface area (Å²) in [6.07, 6.45) is 0. The van der Waals surface area contributed by atoms with E-state index in [0.717, 1.165) is 10.9 Å². The van der Waals surface area contributed by atoms with Crippen LogP contribution in [0.3, 0.4) is 0 Å². The molecule has 0 spiro atoms. The highest BCUT2D eigenvalue weighted by Gasteiger charge is 2.13. The highest BCUT2D eigenvalue weighted by molar-refractivity contribution is 5.97. The van der Waals surface area contributed by atoms with Gasteiger partial charge in [-0.25, -0.2) is 4.39 Å². The average Bonchev–Trinajstić information content (AvgIpc) is 3.27. The predicted octanol–water partition coefficient (Wildman–Crippen LogP) is 3.89. The maximum Gasteiger partial charge on any atom is 0.268 e. The van der Waals surface area contributed by atoms with Crippen LogP contribution in [0.25, 0.3) is 22.2 Å². The molecule has 0 fully saturated rings. The number of para-hydroxylation sites is 1. The maximum absolute atomic E-state index is 13.8. The van der Waals surface area contributed by atoms with Gasteiger partial charge in [-0.3, -0.25) is 4.79 Å². The average molecular weight is 335 g/mol. The molecule has 0 saturated carbocycles. The number of benzene rings is 2. The zero-order chi connectivity index (χ0) is 17.2. The molecule has 2 aromatic heterocycles. The molecule has 0 atom stereocenters. The molecule has 25 heavy (non-hydrogen) atoms. The largest absolute Gasteiger partial charge is 0.356 e. The van der Waals surface area contributed by atoms with Gasteiger partial charge in [0.15, 0.2) is 5.76 Å². The summed E-state index contributed by atoms with van der Waals surface area (Å²) in [6.45, 7) is 0.187. The molecule has 4 aromatic rings. The monoisotopic (exact) mass is 335 g/mol. The summed E-state index contributed by atoms with van der Waals surface area (Å²) in [5.41, 5.74) is 2.22. The van der Waals surface area contributed by atoms with Crippen LogP contribution in [0.1, 0.15) is 16.2 Å². The number of H-pyrrole nitrogens is 1. The van der Waals surface area contributed by atoms with E-state index in [4.69, 9.17) is 4.52 Å². The van der Waals surface area contributed by atoms with Crippen molar-refractivity contribution in [1.29, 1.82) is 0 Å². The number of carbonyl (C=O) groups excluding carboxylic acids is 1. The minimum atomic E-state index is -0.382. The van der Waals surface area contributed by atoms with E-state index < -0.39 is 0 Å². The number of aromatic amines is 1. The molecular weight excluding hydrogens is 321 g/mol. The van der Waals surface area contributed by atoms with E-state index in [1.54, 1.807) is 30.3 Å². The quantitative estimate of drug-likeness (QED) is 0.594. The summed E-state index contributed by atoms with van der Waals surface area (Å²) in [5, 5.41) is 7.61. The molecule has 2 N–H and O–H groups in total. The minimum Gasteiger partial charge on any atom is -0.356 e. The van der Waals surface area contributed by atoms with Gasteiger partial charge in [-0.05, 0) is 24.3 Å². The number of hydrogen-bond acceptors (Lipinski definition) is 3. The third-order valence-corrected chi connectivity index (χ3v) is 3.90. The lowest BCUT2D eigenvalue weighted by atomic mass is 10.1. The lowest BCUT2D eigenvalue weighted by molar-refractivity contribution is 0.0946. The second-order valence-corrected chi connectivity index (χ2v) is 5.62. The Bertz CT molecular complexity index is 1020. The van der Waals surface area contributed by atoms with Crippen LogP contribution >= 0.6 is 0 Å². The van der Waals surface area contributed by atoms with Crippen LogP contribution in [0.15, 0.2) is 65.2 Å². The number of amides is 1. The molecule has 0 radical (unpaired) electrons. The molecule has 0 aliphatic carbocycles. The zero-order valence-electron chi connectivity index (χ0n) is 13.1. The third-order valence-electron chi connectivity index (χ3n) is 3.90. The smallest absolute Gasteiger partial charge is 0.268 e. The normalized spacial score (nSPS) is 10.9. The topological polar surface area (TPSA) is 70.9 Å². The molecule has 0 bridgehead atoms. The Morgan fingerprint density at radius 2 is 1.92 bits per heavy atom. The number of carbonyl (C=O) groups is 1. The fraction of sp³-hybridized carbons (Fsp3) is 0.0526. The number of aromatic nitrogens is 2. The van der Waals surface area contributed by atoms with Gasteiger partial charge in [0, 0.05) is 17.0 Å². The van der Waals surface area contributed by atoms with Gasteiger partial charge < -0.3 is 14.8 Å². The Kier molecular flexibility index (Phi) is 3.78. The van der Waals surface area contributed by atoms with Crippen molar-refractivity contribution in [3.8, 4) is 11.3 Å². The molecule has 2 heterocycles. The fourth-order valence-corrected chi connectivity index (χ4v) is 2.64. The molecule has 0 aliphatic heterocycles. The number of fused-ring (bicyclic) bond motifs is 1. The third kappa shape index (κ3) is 3.01. The number of nitrogens with one attached hydrogen (secondary N) is 2. The Morgan fingerprint density at radius 3 is 2.76 bits per heavy atom. The molecule has 4 rings (SSSR count). The van der Waals surface area contributed by atoms with Gasteiger partial charge in [0.2, 0.25) is 0 Å². The molecular formula is C19H14FN3O2. The summed E-state index contributed by atoms with van der Waals surface area (Å²) < 4.78 is 18.9. The van der Waals surface area contributed by atoms with E-state index in [0.29, 0.717) is 22.7 Å². The van der Waals surface area contributed by atoms with Crippen LogP contribution in [0.4, 0.5) is 4.39 Å². The van der Waals surface area contributed by atoms with Gasteiger partial charge in [0.1, 0.15) is 17.2 Å². The molecule has 0 saturated heterocycles. The first-order valence-electron chi connectivity index (χ1n) is 7.77. The summed E-state index contributed by atoms with van der Waals surface area (Å²) in [7, 11) is 0. The van der Waals surface area contributed by atoms with E-state index >= 15 is 0 Å². The van der Waals surface area contributed by atoms with Crippen LogP contribution in [0, 0.1) is 5.82 Å². The Balaban J connectivity index is 1.46. The van der Waals surface area contributed by atoms with Gasteiger partial charge in [-0.15, -0.1) is 0 Å². The van der Waals surface area contributed by atoms with E-state index in [1.807, 2.05) is 24.3 Å². The van der Waals surface area contributed by atoms with Crippen LogP contribution in [0.2, 0.25) is 0 Å². The first-order chi connectivity index (χ1) is 12.2. The number of nitrogens with zero attached hydrogens (tertiary/aromatic N) is 1. The van der Waals surface area contributed by atoms with Crippen LogP contribution in [-0.2, 0) is 6.54 Å².